The predicted molar refractivity (Wildman–Crippen MR) is 63.8 cm³/mol. The molecule has 2 nitrogen and oxygen atoms in total. The van der Waals surface area contributed by atoms with Gasteiger partial charge in [-0.2, -0.15) is 0 Å². The molecule has 84 valence electrons. The maximum atomic E-state index is 9.52. The highest BCUT2D eigenvalue weighted by Gasteiger charge is 2.01. The van der Waals surface area contributed by atoms with E-state index in [1.54, 1.807) is 0 Å². The second kappa shape index (κ2) is 6.59. The van der Waals surface area contributed by atoms with E-state index in [1.807, 2.05) is 0 Å². The Balaban J connectivity index is 2.25. The average molecular weight is 207 g/mol. The maximum absolute atomic E-state index is 9.52. The van der Waals surface area contributed by atoms with Crippen LogP contribution in [0.2, 0.25) is 0 Å². The summed E-state index contributed by atoms with van der Waals surface area (Å²) in [6.07, 6.45) is 1.70. The zero-order valence-electron chi connectivity index (χ0n) is 9.66. The van der Waals surface area contributed by atoms with Gasteiger partial charge in [-0.15, -0.1) is 0 Å². The lowest BCUT2D eigenvalue weighted by Crippen LogP contribution is -2.26. The number of hydrogen-bond donors (Lipinski definition) is 2. The van der Waals surface area contributed by atoms with Crippen molar-refractivity contribution in [2.45, 2.75) is 39.3 Å². The molecule has 1 unspecified atom stereocenters. The summed E-state index contributed by atoms with van der Waals surface area (Å²) in [5.41, 5.74) is 2.56. The van der Waals surface area contributed by atoms with E-state index >= 15 is 0 Å². The molecule has 0 aromatic heterocycles. The third kappa shape index (κ3) is 4.96. The van der Waals surface area contributed by atoms with E-state index in [9.17, 15) is 5.11 Å². The molecule has 0 aliphatic heterocycles. The topological polar surface area (TPSA) is 32.3 Å². The summed E-state index contributed by atoms with van der Waals surface area (Å²) in [5.74, 6) is 0. The van der Waals surface area contributed by atoms with E-state index in [4.69, 9.17) is 0 Å². The molecule has 1 aromatic rings. The van der Waals surface area contributed by atoms with Gasteiger partial charge in [0.2, 0.25) is 0 Å². The van der Waals surface area contributed by atoms with Gasteiger partial charge in [0, 0.05) is 13.1 Å². The molecule has 0 saturated carbocycles. The van der Waals surface area contributed by atoms with Gasteiger partial charge in [0.25, 0.3) is 0 Å². The van der Waals surface area contributed by atoms with Crippen LogP contribution < -0.4 is 5.32 Å². The molecule has 2 heteroatoms. The van der Waals surface area contributed by atoms with E-state index in [1.165, 1.54) is 11.1 Å². The lowest BCUT2D eigenvalue weighted by atomic mass is 10.1. The lowest BCUT2D eigenvalue weighted by molar-refractivity contribution is 0.160. The van der Waals surface area contributed by atoms with Crippen LogP contribution in [0.25, 0.3) is 0 Å². The average Bonchev–Trinajstić information content (AvgIpc) is 2.18. The Morgan fingerprint density at radius 1 is 1.40 bits per heavy atom. The van der Waals surface area contributed by atoms with Gasteiger partial charge in [-0.05, 0) is 18.9 Å². The van der Waals surface area contributed by atoms with Crippen LogP contribution in [-0.2, 0) is 6.54 Å². The first-order valence-corrected chi connectivity index (χ1v) is 5.66. The standard InChI is InChI=1S/C13H21NO/c1-3-5-13(15)10-14-9-12-7-4-6-11(2)8-12/h4,6-8,13-15H,3,5,9-10H2,1-2H3. The van der Waals surface area contributed by atoms with Gasteiger partial charge in [-0.1, -0.05) is 43.2 Å². The quantitative estimate of drug-likeness (QED) is 0.750. The van der Waals surface area contributed by atoms with Crippen LogP contribution in [0.15, 0.2) is 24.3 Å². The van der Waals surface area contributed by atoms with Crippen molar-refractivity contribution >= 4 is 0 Å². The molecule has 0 spiro atoms. The summed E-state index contributed by atoms with van der Waals surface area (Å²) >= 11 is 0. The molecule has 0 amide bonds. The number of hydrogen-bond acceptors (Lipinski definition) is 2. The van der Waals surface area contributed by atoms with Gasteiger partial charge in [0.15, 0.2) is 0 Å². The number of aryl methyl sites for hydroxylation is 1. The Kier molecular flexibility index (Phi) is 5.37. The van der Waals surface area contributed by atoms with Crippen LogP contribution in [0.3, 0.4) is 0 Å². The molecule has 0 aliphatic carbocycles. The zero-order chi connectivity index (χ0) is 11.1. The highest BCUT2D eigenvalue weighted by atomic mass is 16.3. The van der Waals surface area contributed by atoms with Crippen molar-refractivity contribution in [3.63, 3.8) is 0 Å². The monoisotopic (exact) mass is 207 g/mol. The van der Waals surface area contributed by atoms with Crippen LogP contribution in [-0.4, -0.2) is 17.8 Å². The Morgan fingerprint density at radius 3 is 2.87 bits per heavy atom. The fraction of sp³-hybridized carbons (Fsp3) is 0.538. The van der Waals surface area contributed by atoms with Crippen molar-refractivity contribution in [3.05, 3.63) is 35.4 Å². The predicted octanol–water partition coefficient (Wildman–Crippen LogP) is 2.25. The minimum absolute atomic E-state index is 0.209. The summed E-state index contributed by atoms with van der Waals surface area (Å²) in [6, 6.07) is 8.43. The number of aliphatic hydroxyl groups excluding tert-OH is 1. The number of benzene rings is 1. The molecule has 0 fully saturated rings. The van der Waals surface area contributed by atoms with Crippen molar-refractivity contribution in [3.8, 4) is 0 Å². The van der Waals surface area contributed by atoms with E-state index < -0.39 is 0 Å². The Hall–Kier alpha value is -0.860. The molecule has 0 bridgehead atoms. The van der Waals surface area contributed by atoms with Crippen LogP contribution in [0.5, 0.6) is 0 Å². The van der Waals surface area contributed by atoms with Crippen LogP contribution >= 0.6 is 0 Å². The normalized spacial score (nSPS) is 12.7. The van der Waals surface area contributed by atoms with Crippen molar-refractivity contribution in [1.29, 1.82) is 0 Å². The van der Waals surface area contributed by atoms with Gasteiger partial charge < -0.3 is 10.4 Å². The summed E-state index contributed by atoms with van der Waals surface area (Å²) in [4.78, 5) is 0. The van der Waals surface area contributed by atoms with Crippen LogP contribution in [0.4, 0.5) is 0 Å². The van der Waals surface area contributed by atoms with Gasteiger partial charge in [0.05, 0.1) is 6.10 Å². The fourth-order valence-corrected chi connectivity index (χ4v) is 1.64. The number of aliphatic hydroxyl groups is 1. The van der Waals surface area contributed by atoms with E-state index in [0.29, 0.717) is 6.54 Å². The van der Waals surface area contributed by atoms with Crippen molar-refractivity contribution < 1.29 is 5.11 Å². The van der Waals surface area contributed by atoms with Gasteiger partial charge in [-0.3, -0.25) is 0 Å². The minimum atomic E-state index is -0.209. The molecule has 2 N–H and O–H groups in total. The summed E-state index contributed by atoms with van der Waals surface area (Å²) in [6.45, 7) is 5.70. The fourth-order valence-electron chi connectivity index (χ4n) is 1.64. The summed E-state index contributed by atoms with van der Waals surface area (Å²) in [5, 5.41) is 12.8. The van der Waals surface area contributed by atoms with E-state index in [2.05, 4.69) is 43.4 Å². The maximum Gasteiger partial charge on any atom is 0.0664 e. The molecule has 1 aromatic carbocycles. The third-order valence-electron chi connectivity index (χ3n) is 2.41. The van der Waals surface area contributed by atoms with Gasteiger partial charge in [-0.25, -0.2) is 0 Å². The minimum Gasteiger partial charge on any atom is -0.392 e. The smallest absolute Gasteiger partial charge is 0.0664 e. The van der Waals surface area contributed by atoms with E-state index in [0.717, 1.165) is 19.4 Å². The van der Waals surface area contributed by atoms with E-state index in [-0.39, 0.29) is 6.10 Å². The van der Waals surface area contributed by atoms with Crippen molar-refractivity contribution in [1.82, 2.24) is 5.32 Å². The molecule has 0 heterocycles. The number of nitrogens with one attached hydrogen (secondary N) is 1. The largest absolute Gasteiger partial charge is 0.392 e. The Labute approximate surface area is 92.3 Å². The Bertz CT molecular complexity index is 286. The first-order chi connectivity index (χ1) is 7.22. The highest BCUT2D eigenvalue weighted by molar-refractivity contribution is 5.21. The molecule has 15 heavy (non-hydrogen) atoms. The van der Waals surface area contributed by atoms with Gasteiger partial charge in [0.1, 0.15) is 0 Å². The molecule has 0 aliphatic rings. The van der Waals surface area contributed by atoms with Crippen molar-refractivity contribution in [2.75, 3.05) is 6.54 Å². The summed E-state index contributed by atoms with van der Waals surface area (Å²) < 4.78 is 0. The van der Waals surface area contributed by atoms with Crippen molar-refractivity contribution in [2.24, 2.45) is 0 Å². The lowest BCUT2D eigenvalue weighted by Gasteiger charge is -2.10. The molecular formula is C13H21NO. The van der Waals surface area contributed by atoms with Crippen LogP contribution in [0, 0.1) is 6.92 Å². The first-order valence-electron chi connectivity index (χ1n) is 5.66. The highest BCUT2D eigenvalue weighted by Crippen LogP contribution is 2.03. The third-order valence-corrected chi connectivity index (χ3v) is 2.41. The molecule has 0 radical (unpaired) electrons. The molecule has 0 saturated heterocycles. The number of rotatable bonds is 6. The Morgan fingerprint density at radius 2 is 2.20 bits per heavy atom. The first kappa shape index (κ1) is 12.2. The molecular weight excluding hydrogens is 186 g/mol. The molecule has 1 atom stereocenters. The second-order valence-electron chi connectivity index (χ2n) is 4.06. The second-order valence-corrected chi connectivity index (χ2v) is 4.06. The summed E-state index contributed by atoms with van der Waals surface area (Å²) in [7, 11) is 0. The van der Waals surface area contributed by atoms with Gasteiger partial charge >= 0.3 is 0 Å². The van der Waals surface area contributed by atoms with Crippen LogP contribution in [0.1, 0.15) is 30.9 Å². The molecule has 1 rings (SSSR count). The zero-order valence-corrected chi connectivity index (χ0v) is 9.66. The SMILES string of the molecule is CCCC(O)CNCc1cccc(C)c1.